The van der Waals surface area contributed by atoms with Gasteiger partial charge in [0.15, 0.2) is 0 Å². The lowest BCUT2D eigenvalue weighted by Crippen LogP contribution is -2.38. The second-order valence-electron chi connectivity index (χ2n) is 6.86. The molecule has 138 valence electrons. The Balaban J connectivity index is 1.42. The van der Waals surface area contributed by atoms with E-state index >= 15 is 0 Å². The van der Waals surface area contributed by atoms with Crippen LogP contribution in [-0.2, 0) is 17.7 Å². The molecule has 0 spiro atoms. The first kappa shape index (κ1) is 16.3. The SMILES string of the molecule is c1ccc(-c2nc3c(o2)CCN(c2ccccc2N2CCOCC2)C3)nc1. The van der Waals surface area contributed by atoms with Crippen molar-refractivity contribution in [3.63, 3.8) is 0 Å². The van der Waals surface area contributed by atoms with E-state index in [1.165, 1.54) is 11.4 Å². The van der Waals surface area contributed by atoms with E-state index in [4.69, 9.17) is 14.1 Å². The summed E-state index contributed by atoms with van der Waals surface area (Å²) in [5.41, 5.74) is 4.33. The van der Waals surface area contributed by atoms with E-state index in [1.54, 1.807) is 6.20 Å². The van der Waals surface area contributed by atoms with Crippen LogP contribution in [0.4, 0.5) is 11.4 Å². The molecule has 0 atom stereocenters. The number of fused-ring (bicyclic) bond motifs is 1. The Morgan fingerprint density at radius 3 is 2.41 bits per heavy atom. The van der Waals surface area contributed by atoms with Crippen molar-refractivity contribution in [2.24, 2.45) is 0 Å². The van der Waals surface area contributed by atoms with E-state index in [0.29, 0.717) is 5.89 Å². The number of pyridine rings is 1. The van der Waals surface area contributed by atoms with Crippen LogP contribution in [0.2, 0.25) is 0 Å². The Morgan fingerprint density at radius 2 is 1.63 bits per heavy atom. The van der Waals surface area contributed by atoms with E-state index in [0.717, 1.165) is 63.0 Å². The molecular weight excluding hydrogens is 340 g/mol. The molecule has 0 unspecified atom stereocenters. The van der Waals surface area contributed by atoms with Gasteiger partial charge in [0.25, 0.3) is 0 Å². The molecule has 1 fully saturated rings. The number of rotatable bonds is 3. The number of benzene rings is 1. The second kappa shape index (κ2) is 7.04. The number of morpholine rings is 1. The number of hydrogen-bond acceptors (Lipinski definition) is 6. The average molecular weight is 362 g/mol. The Labute approximate surface area is 158 Å². The summed E-state index contributed by atoms with van der Waals surface area (Å²) in [6.07, 6.45) is 2.62. The van der Waals surface area contributed by atoms with Crippen LogP contribution in [0.5, 0.6) is 0 Å². The van der Waals surface area contributed by atoms with Crippen LogP contribution in [0.25, 0.3) is 11.6 Å². The third kappa shape index (κ3) is 3.17. The van der Waals surface area contributed by atoms with Crippen LogP contribution < -0.4 is 9.80 Å². The van der Waals surface area contributed by atoms with Crippen LogP contribution >= 0.6 is 0 Å². The molecule has 3 aromatic rings. The second-order valence-corrected chi connectivity index (χ2v) is 6.86. The molecule has 0 bridgehead atoms. The summed E-state index contributed by atoms with van der Waals surface area (Å²) in [5.74, 6) is 1.60. The van der Waals surface area contributed by atoms with Gasteiger partial charge in [0.1, 0.15) is 17.1 Å². The number of aromatic nitrogens is 2. The van der Waals surface area contributed by atoms with Gasteiger partial charge in [-0.05, 0) is 24.3 Å². The first-order valence-corrected chi connectivity index (χ1v) is 9.45. The van der Waals surface area contributed by atoms with E-state index in [2.05, 4.69) is 39.0 Å². The summed E-state index contributed by atoms with van der Waals surface area (Å²) in [7, 11) is 0. The summed E-state index contributed by atoms with van der Waals surface area (Å²) < 4.78 is 11.5. The van der Waals surface area contributed by atoms with E-state index < -0.39 is 0 Å². The van der Waals surface area contributed by atoms with Crippen molar-refractivity contribution in [2.75, 3.05) is 42.6 Å². The smallest absolute Gasteiger partial charge is 0.245 e. The van der Waals surface area contributed by atoms with Crippen molar-refractivity contribution in [2.45, 2.75) is 13.0 Å². The van der Waals surface area contributed by atoms with Gasteiger partial charge in [0.2, 0.25) is 5.89 Å². The molecule has 4 heterocycles. The molecule has 27 heavy (non-hydrogen) atoms. The van der Waals surface area contributed by atoms with Crippen molar-refractivity contribution in [3.8, 4) is 11.6 Å². The predicted molar refractivity (Wildman–Crippen MR) is 104 cm³/mol. The van der Waals surface area contributed by atoms with Crippen LogP contribution in [0, 0.1) is 0 Å². The summed E-state index contributed by atoms with van der Waals surface area (Å²) in [5, 5.41) is 0. The monoisotopic (exact) mass is 362 g/mol. The van der Waals surface area contributed by atoms with Gasteiger partial charge in [-0.15, -0.1) is 0 Å². The lowest BCUT2D eigenvalue weighted by Gasteiger charge is -2.35. The Morgan fingerprint density at radius 1 is 0.852 bits per heavy atom. The lowest BCUT2D eigenvalue weighted by atomic mass is 10.1. The molecule has 0 amide bonds. The maximum Gasteiger partial charge on any atom is 0.245 e. The zero-order valence-electron chi connectivity index (χ0n) is 15.2. The molecule has 0 aliphatic carbocycles. The maximum atomic E-state index is 6.00. The Bertz CT molecular complexity index is 919. The molecule has 6 nitrogen and oxygen atoms in total. The highest BCUT2D eigenvalue weighted by Gasteiger charge is 2.26. The molecule has 2 aromatic heterocycles. The summed E-state index contributed by atoms with van der Waals surface area (Å²) in [4.78, 5) is 13.9. The third-order valence-electron chi connectivity index (χ3n) is 5.19. The highest BCUT2D eigenvalue weighted by atomic mass is 16.5. The number of nitrogens with zero attached hydrogens (tertiary/aromatic N) is 4. The quantitative estimate of drug-likeness (QED) is 0.713. The lowest BCUT2D eigenvalue weighted by molar-refractivity contribution is 0.122. The normalized spacial score (nSPS) is 17.0. The zero-order valence-corrected chi connectivity index (χ0v) is 15.2. The van der Waals surface area contributed by atoms with Crippen LogP contribution in [0.15, 0.2) is 53.1 Å². The van der Waals surface area contributed by atoms with Crippen molar-refractivity contribution < 1.29 is 9.15 Å². The number of ether oxygens (including phenoxy) is 1. The molecule has 0 radical (unpaired) electrons. The van der Waals surface area contributed by atoms with Gasteiger partial charge < -0.3 is 19.0 Å². The summed E-state index contributed by atoms with van der Waals surface area (Å²) in [6.45, 7) is 5.12. The molecule has 1 saturated heterocycles. The molecule has 0 N–H and O–H groups in total. The largest absolute Gasteiger partial charge is 0.439 e. The highest BCUT2D eigenvalue weighted by molar-refractivity contribution is 5.72. The van der Waals surface area contributed by atoms with Gasteiger partial charge >= 0.3 is 0 Å². The van der Waals surface area contributed by atoms with Gasteiger partial charge in [0.05, 0.1) is 31.1 Å². The zero-order chi connectivity index (χ0) is 18.1. The van der Waals surface area contributed by atoms with Crippen molar-refractivity contribution in [1.82, 2.24) is 9.97 Å². The van der Waals surface area contributed by atoms with Crippen LogP contribution in [-0.4, -0.2) is 42.8 Å². The van der Waals surface area contributed by atoms with Crippen molar-refractivity contribution >= 4 is 11.4 Å². The molecule has 1 aromatic carbocycles. The van der Waals surface area contributed by atoms with Crippen LogP contribution in [0.3, 0.4) is 0 Å². The molecule has 6 heteroatoms. The fourth-order valence-electron chi connectivity index (χ4n) is 3.81. The van der Waals surface area contributed by atoms with Gasteiger partial charge in [-0.3, -0.25) is 4.98 Å². The third-order valence-corrected chi connectivity index (χ3v) is 5.19. The van der Waals surface area contributed by atoms with Gasteiger partial charge in [-0.2, -0.15) is 0 Å². The van der Waals surface area contributed by atoms with Crippen molar-refractivity contribution in [3.05, 3.63) is 60.1 Å². The maximum absolute atomic E-state index is 6.00. The van der Waals surface area contributed by atoms with Gasteiger partial charge in [-0.25, -0.2) is 4.98 Å². The minimum Gasteiger partial charge on any atom is -0.439 e. The molecule has 2 aliphatic rings. The predicted octanol–water partition coefficient (Wildman–Crippen LogP) is 3.14. The van der Waals surface area contributed by atoms with Gasteiger partial charge in [-0.1, -0.05) is 18.2 Å². The van der Waals surface area contributed by atoms with Crippen molar-refractivity contribution in [1.29, 1.82) is 0 Å². The van der Waals surface area contributed by atoms with E-state index in [1.807, 2.05) is 18.2 Å². The Hall–Kier alpha value is -2.86. The summed E-state index contributed by atoms with van der Waals surface area (Å²) in [6, 6.07) is 14.4. The minimum absolute atomic E-state index is 0.615. The molecular formula is C21H22N4O2. The summed E-state index contributed by atoms with van der Waals surface area (Å²) >= 11 is 0. The van der Waals surface area contributed by atoms with E-state index in [-0.39, 0.29) is 0 Å². The number of oxazole rings is 1. The Kier molecular flexibility index (Phi) is 4.26. The standard InChI is InChI=1S/C21H22N4O2/c1-2-7-19(18(6-1)24-11-13-26-14-12-24)25-10-8-20-17(15-25)23-21(27-20)16-5-3-4-9-22-16/h1-7,9H,8,10-15H2. The fourth-order valence-corrected chi connectivity index (χ4v) is 3.81. The fraction of sp³-hybridized carbons (Fsp3) is 0.333. The first-order valence-electron chi connectivity index (χ1n) is 9.45. The number of anilines is 2. The average Bonchev–Trinajstić information content (AvgIpc) is 3.18. The van der Waals surface area contributed by atoms with E-state index in [9.17, 15) is 0 Å². The first-order chi connectivity index (χ1) is 13.4. The molecule has 0 saturated carbocycles. The molecule has 5 rings (SSSR count). The minimum atomic E-state index is 0.615. The number of para-hydroxylation sites is 2. The van der Waals surface area contributed by atoms with Gasteiger partial charge in [0, 0.05) is 32.3 Å². The topological polar surface area (TPSA) is 54.6 Å². The molecule has 2 aliphatic heterocycles. The van der Waals surface area contributed by atoms with Crippen LogP contribution in [0.1, 0.15) is 11.5 Å². The highest BCUT2D eigenvalue weighted by Crippen LogP contribution is 2.34. The number of hydrogen-bond donors (Lipinski definition) is 0.